The highest BCUT2D eigenvalue weighted by Gasteiger charge is 2.29. The van der Waals surface area contributed by atoms with E-state index in [4.69, 9.17) is 10.00 Å². The Morgan fingerprint density at radius 2 is 2.28 bits per heavy atom. The van der Waals surface area contributed by atoms with E-state index in [-0.39, 0.29) is 31.2 Å². The third-order valence-electron chi connectivity index (χ3n) is 2.83. The minimum Gasteiger partial charge on any atom is -0.466 e. The van der Waals surface area contributed by atoms with Gasteiger partial charge in [-0.15, -0.1) is 0 Å². The Bertz CT molecular complexity index is 427. The van der Waals surface area contributed by atoms with Gasteiger partial charge in [0.1, 0.15) is 0 Å². The van der Waals surface area contributed by atoms with E-state index in [0.29, 0.717) is 13.0 Å². The minimum absolute atomic E-state index is 0.135. The normalized spacial score (nSPS) is 21.2. The van der Waals surface area contributed by atoms with Crippen molar-refractivity contribution in [1.82, 2.24) is 4.31 Å². The largest absolute Gasteiger partial charge is 0.466 e. The molecule has 0 bridgehead atoms. The predicted molar refractivity (Wildman–Crippen MR) is 64.9 cm³/mol. The van der Waals surface area contributed by atoms with Crippen molar-refractivity contribution in [2.45, 2.75) is 26.2 Å². The Morgan fingerprint density at radius 3 is 2.89 bits per heavy atom. The van der Waals surface area contributed by atoms with Crippen LogP contribution in [0.5, 0.6) is 0 Å². The zero-order valence-electron chi connectivity index (χ0n) is 10.5. The second-order valence-corrected chi connectivity index (χ2v) is 6.29. The number of nitriles is 1. The molecule has 0 aromatic carbocycles. The van der Waals surface area contributed by atoms with Crippen LogP contribution in [0.25, 0.3) is 0 Å². The molecular weight excluding hydrogens is 256 g/mol. The monoisotopic (exact) mass is 274 g/mol. The molecule has 18 heavy (non-hydrogen) atoms. The fraction of sp³-hybridized carbons (Fsp3) is 0.818. The lowest BCUT2D eigenvalue weighted by molar-refractivity contribution is -0.142. The van der Waals surface area contributed by atoms with Gasteiger partial charge in [0.2, 0.25) is 10.0 Å². The first kappa shape index (κ1) is 14.9. The summed E-state index contributed by atoms with van der Waals surface area (Å²) in [5, 5.41) is 8.82. The van der Waals surface area contributed by atoms with Gasteiger partial charge in [0.25, 0.3) is 0 Å². The van der Waals surface area contributed by atoms with E-state index in [9.17, 15) is 13.2 Å². The quantitative estimate of drug-likeness (QED) is 0.681. The topological polar surface area (TPSA) is 87.5 Å². The number of hydrogen-bond donors (Lipinski definition) is 0. The Labute approximate surface area is 108 Å². The van der Waals surface area contributed by atoms with Crippen molar-refractivity contribution >= 4 is 16.0 Å². The summed E-state index contributed by atoms with van der Waals surface area (Å²) in [6.07, 6.45) is 1.29. The molecule has 1 fully saturated rings. The number of sulfonamides is 1. The molecule has 1 saturated heterocycles. The summed E-state index contributed by atoms with van der Waals surface area (Å²) in [5.41, 5.74) is 0. The van der Waals surface area contributed by atoms with Crippen LogP contribution in [0.2, 0.25) is 0 Å². The Hall–Kier alpha value is -1.13. The average molecular weight is 274 g/mol. The van der Waals surface area contributed by atoms with Crippen molar-refractivity contribution in [2.24, 2.45) is 5.92 Å². The summed E-state index contributed by atoms with van der Waals surface area (Å²) >= 11 is 0. The maximum Gasteiger partial charge on any atom is 0.306 e. The van der Waals surface area contributed by atoms with Crippen molar-refractivity contribution in [1.29, 1.82) is 5.26 Å². The highest BCUT2D eigenvalue weighted by Crippen LogP contribution is 2.19. The molecule has 0 aromatic heterocycles. The van der Waals surface area contributed by atoms with Crippen LogP contribution in [0.1, 0.15) is 26.2 Å². The van der Waals surface area contributed by atoms with Crippen LogP contribution in [0.4, 0.5) is 0 Å². The first-order valence-electron chi connectivity index (χ1n) is 6.02. The smallest absolute Gasteiger partial charge is 0.306 e. The molecule has 1 heterocycles. The van der Waals surface area contributed by atoms with Gasteiger partial charge in [-0.2, -0.15) is 5.26 Å². The molecule has 1 unspecified atom stereocenters. The summed E-state index contributed by atoms with van der Waals surface area (Å²) in [7, 11) is -3.46. The van der Waals surface area contributed by atoms with Gasteiger partial charge in [-0.3, -0.25) is 4.79 Å². The van der Waals surface area contributed by atoms with Gasteiger partial charge in [-0.05, 0) is 19.8 Å². The number of carbonyl (C=O) groups is 1. The van der Waals surface area contributed by atoms with Gasteiger partial charge in [-0.1, -0.05) is 0 Å². The lowest BCUT2D eigenvalue weighted by Crippen LogP contribution is -2.41. The first-order chi connectivity index (χ1) is 8.49. The number of hydrogen-bond acceptors (Lipinski definition) is 5. The van der Waals surface area contributed by atoms with E-state index in [0.717, 1.165) is 6.42 Å². The molecule has 0 aliphatic carbocycles. The maximum atomic E-state index is 12.0. The third-order valence-corrected chi connectivity index (χ3v) is 4.67. The van der Waals surface area contributed by atoms with E-state index < -0.39 is 16.0 Å². The Kier molecular flexibility index (Phi) is 5.56. The highest BCUT2D eigenvalue weighted by molar-refractivity contribution is 7.89. The van der Waals surface area contributed by atoms with Crippen molar-refractivity contribution in [2.75, 3.05) is 25.4 Å². The van der Waals surface area contributed by atoms with Crippen molar-refractivity contribution < 1.29 is 17.9 Å². The number of rotatable bonds is 5. The van der Waals surface area contributed by atoms with Crippen LogP contribution >= 0.6 is 0 Å². The van der Waals surface area contributed by atoms with Crippen molar-refractivity contribution in [3.63, 3.8) is 0 Å². The number of carbonyl (C=O) groups excluding carboxylic acids is 1. The SMILES string of the molecule is CCOC(=O)CCS(=O)(=O)N1CCCC(C#N)C1. The van der Waals surface area contributed by atoms with E-state index in [1.165, 1.54) is 4.31 Å². The standard InChI is InChI=1S/C11H18N2O4S/c1-2-17-11(14)5-7-18(15,16)13-6-3-4-10(8-12)9-13/h10H,2-7,9H2,1H3. The molecule has 0 saturated carbocycles. The van der Waals surface area contributed by atoms with Gasteiger partial charge in [0, 0.05) is 13.1 Å². The molecule has 1 aliphatic rings. The number of nitrogens with zero attached hydrogens (tertiary/aromatic N) is 2. The van der Waals surface area contributed by atoms with Crippen molar-refractivity contribution in [3.05, 3.63) is 0 Å². The number of piperidine rings is 1. The second kappa shape index (κ2) is 6.71. The molecular formula is C11H18N2O4S. The lowest BCUT2D eigenvalue weighted by Gasteiger charge is -2.28. The average Bonchev–Trinajstić information content (AvgIpc) is 2.37. The zero-order chi connectivity index (χ0) is 13.6. The van der Waals surface area contributed by atoms with Crippen LogP contribution in [0, 0.1) is 17.2 Å². The Balaban J connectivity index is 2.53. The minimum atomic E-state index is -3.46. The molecule has 0 N–H and O–H groups in total. The summed E-state index contributed by atoms with van der Waals surface area (Å²) < 4.78 is 29.9. The molecule has 0 amide bonds. The van der Waals surface area contributed by atoms with Gasteiger partial charge < -0.3 is 4.74 Å². The highest BCUT2D eigenvalue weighted by atomic mass is 32.2. The maximum absolute atomic E-state index is 12.0. The van der Waals surface area contributed by atoms with Gasteiger partial charge >= 0.3 is 5.97 Å². The zero-order valence-corrected chi connectivity index (χ0v) is 11.3. The summed E-state index contributed by atoms with van der Waals surface area (Å²) in [6, 6.07) is 2.09. The van der Waals surface area contributed by atoms with E-state index in [2.05, 4.69) is 6.07 Å². The fourth-order valence-electron chi connectivity index (χ4n) is 1.88. The van der Waals surface area contributed by atoms with Gasteiger partial charge in [-0.25, -0.2) is 12.7 Å². The lowest BCUT2D eigenvalue weighted by atomic mass is 10.0. The number of esters is 1. The van der Waals surface area contributed by atoms with Gasteiger partial charge in [0.05, 0.1) is 30.8 Å². The van der Waals surface area contributed by atoms with Crippen LogP contribution in [-0.4, -0.2) is 44.1 Å². The van der Waals surface area contributed by atoms with Crippen LogP contribution in [0.3, 0.4) is 0 Å². The van der Waals surface area contributed by atoms with E-state index in [1.54, 1.807) is 6.92 Å². The Morgan fingerprint density at radius 1 is 1.56 bits per heavy atom. The van der Waals surface area contributed by atoms with Crippen LogP contribution in [0.15, 0.2) is 0 Å². The third kappa shape index (κ3) is 4.27. The molecule has 1 aliphatic heterocycles. The number of ether oxygens (including phenoxy) is 1. The predicted octanol–water partition coefficient (Wildman–Crippen LogP) is 0.505. The fourth-order valence-corrected chi connectivity index (χ4v) is 3.37. The van der Waals surface area contributed by atoms with Gasteiger partial charge in [0.15, 0.2) is 0 Å². The van der Waals surface area contributed by atoms with Crippen LogP contribution in [-0.2, 0) is 19.6 Å². The molecule has 7 heteroatoms. The molecule has 0 radical (unpaired) electrons. The van der Waals surface area contributed by atoms with E-state index >= 15 is 0 Å². The van der Waals surface area contributed by atoms with Crippen LogP contribution < -0.4 is 0 Å². The molecule has 102 valence electrons. The molecule has 6 nitrogen and oxygen atoms in total. The van der Waals surface area contributed by atoms with E-state index in [1.807, 2.05) is 0 Å². The summed E-state index contributed by atoms with van der Waals surface area (Å²) in [5.74, 6) is -0.990. The van der Waals surface area contributed by atoms with Crippen molar-refractivity contribution in [3.8, 4) is 6.07 Å². The molecule has 0 aromatic rings. The second-order valence-electron chi connectivity index (χ2n) is 4.20. The summed E-state index contributed by atoms with van der Waals surface area (Å²) in [4.78, 5) is 11.1. The molecule has 0 spiro atoms. The molecule has 1 atom stereocenters. The first-order valence-corrected chi connectivity index (χ1v) is 7.63. The summed E-state index contributed by atoms with van der Waals surface area (Å²) in [6.45, 7) is 2.60. The molecule has 1 rings (SSSR count).